The molecule has 0 atom stereocenters. The number of hydrogen-bond acceptors (Lipinski definition) is 2. The fourth-order valence-electron chi connectivity index (χ4n) is 1.44. The maximum atomic E-state index is 8.88. The molecule has 1 aromatic rings. The van der Waals surface area contributed by atoms with Gasteiger partial charge in [0.25, 0.3) is 0 Å². The van der Waals surface area contributed by atoms with Crippen molar-refractivity contribution in [3.63, 3.8) is 0 Å². The van der Waals surface area contributed by atoms with Gasteiger partial charge in [-0.1, -0.05) is 24.3 Å². The summed E-state index contributed by atoms with van der Waals surface area (Å²) < 4.78 is 0. The second-order valence-electron chi connectivity index (χ2n) is 2.92. The molecule has 2 heteroatoms. The summed E-state index contributed by atoms with van der Waals surface area (Å²) in [7, 11) is 0. The van der Waals surface area contributed by atoms with E-state index in [1.807, 2.05) is 18.2 Å². The summed E-state index contributed by atoms with van der Waals surface area (Å²) in [5.41, 5.74) is 2.43. The van der Waals surface area contributed by atoms with Crippen LogP contribution in [0.5, 0.6) is 0 Å². The smallest absolute Gasteiger partial charge is 0.0985 e. The van der Waals surface area contributed by atoms with Crippen molar-refractivity contribution in [2.45, 2.75) is 6.42 Å². The van der Waals surface area contributed by atoms with Gasteiger partial charge in [-0.2, -0.15) is 0 Å². The van der Waals surface area contributed by atoms with E-state index in [0.29, 0.717) is 0 Å². The minimum Gasteiger partial charge on any atom is -0.381 e. The number of aliphatic hydroxyl groups excluding tert-OH is 1. The summed E-state index contributed by atoms with van der Waals surface area (Å²) in [5.74, 6) is 0. The average molecular weight is 161 g/mol. The van der Waals surface area contributed by atoms with Crippen LogP contribution in [-0.4, -0.2) is 23.3 Å². The van der Waals surface area contributed by atoms with Crippen LogP contribution >= 0.6 is 0 Å². The van der Waals surface area contributed by atoms with Gasteiger partial charge in [-0.05, 0) is 17.5 Å². The molecular weight excluding hydrogens is 150 g/mol. The Hall–Kier alpha value is -0.860. The van der Waals surface area contributed by atoms with Gasteiger partial charge >= 0.3 is 0 Å². The van der Waals surface area contributed by atoms with Crippen LogP contribution in [-0.2, 0) is 6.42 Å². The molecule has 0 aromatic heterocycles. The predicted octanol–water partition coefficient (Wildman–Crippen LogP) is 0.881. The molecule has 0 aliphatic carbocycles. The molecule has 0 saturated carbocycles. The zero-order chi connectivity index (χ0) is 8.39. The van der Waals surface area contributed by atoms with Crippen molar-refractivity contribution in [3.8, 4) is 0 Å². The molecule has 0 saturated heterocycles. The topological polar surface area (TPSA) is 23.5 Å². The second kappa shape index (κ2) is 3.25. The molecule has 0 unspecified atom stereocenters. The van der Waals surface area contributed by atoms with E-state index in [1.54, 1.807) is 4.90 Å². The fourth-order valence-corrected chi connectivity index (χ4v) is 1.44. The van der Waals surface area contributed by atoms with E-state index in [4.69, 9.17) is 5.11 Å². The Bertz CT molecular complexity index is 272. The van der Waals surface area contributed by atoms with E-state index in [0.717, 1.165) is 18.5 Å². The highest BCUT2D eigenvalue weighted by molar-refractivity contribution is 5.34. The number of rotatable bonds is 1. The molecule has 2 rings (SSSR count). The average Bonchev–Trinajstić information content (AvgIpc) is 2.17. The SMILES string of the molecule is OCN1[C]c2ccccc2CC1. The number of nitrogens with zero attached hydrogens (tertiary/aromatic N) is 1. The van der Waals surface area contributed by atoms with Gasteiger partial charge in [0.1, 0.15) is 0 Å². The Labute approximate surface area is 72.4 Å². The summed E-state index contributed by atoms with van der Waals surface area (Å²) >= 11 is 0. The molecule has 0 bridgehead atoms. The Morgan fingerprint density at radius 1 is 1.42 bits per heavy atom. The molecule has 62 valence electrons. The van der Waals surface area contributed by atoms with Gasteiger partial charge in [0.05, 0.1) is 13.3 Å². The van der Waals surface area contributed by atoms with E-state index in [2.05, 4.69) is 12.6 Å². The van der Waals surface area contributed by atoms with Crippen molar-refractivity contribution in [2.24, 2.45) is 0 Å². The van der Waals surface area contributed by atoms with Crippen molar-refractivity contribution in [1.29, 1.82) is 0 Å². The van der Waals surface area contributed by atoms with Crippen molar-refractivity contribution in [2.75, 3.05) is 13.3 Å². The van der Waals surface area contributed by atoms with Crippen LogP contribution in [0.15, 0.2) is 24.3 Å². The van der Waals surface area contributed by atoms with Gasteiger partial charge in [-0.3, -0.25) is 4.90 Å². The molecule has 12 heavy (non-hydrogen) atoms. The van der Waals surface area contributed by atoms with Crippen molar-refractivity contribution in [3.05, 3.63) is 41.9 Å². The maximum Gasteiger partial charge on any atom is 0.0985 e. The highest BCUT2D eigenvalue weighted by Gasteiger charge is 2.14. The first kappa shape index (κ1) is 7.77. The van der Waals surface area contributed by atoms with E-state index in [-0.39, 0.29) is 6.73 Å². The van der Waals surface area contributed by atoms with Crippen LogP contribution in [0.2, 0.25) is 0 Å². The monoisotopic (exact) mass is 161 g/mol. The molecule has 1 aliphatic rings. The summed E-state index contributed by atoms with van der Waals surface area (Å²) in [5, 5.41) is 8.88. The molecule has 1 aliphatic heterocycles. The van der Waals surface area contributed by atoms with Crippen LogP contribution in [0.25, 0.3) is 0 Å². The van der Waals surface area contributed by atoms with Crippen LogP contribution in [0.3, 0.4) is 0 Å². The van der Waals surface area contributed by atoms with Crippen molar-refractivity contribution < 1.29 is 5.11 Å². The van der Waals surface area contributed by atoms with Gasteiger partial charge in [0, 0.05) is 6.54 Å². The van der Waals surface area contributed by atoms with Gasteiger partial charge in [0.2, 0.25) is 0 Å². The zero-order valence-corrected chi connectivity index (χ0v) is 6.83. The zero-order valence-electron chi connectivity index (χ0n) is 6.83. The summed E-state index contributed by atoms with van der Waals surface area (Å²) in [6.45, 7) is 4.06. The quantitative estimate of drug-likeness (QED) is 0.661. The van der Waals surface area contributed by atoms with Gasteiger partial charge in [0.15, 0.2) is 0 Å². The molecule has 1 heterocycles. The molecule has 2 radical (unpaired) electrons. The van der Waals surface area contributed by atoms with E-state index in [9.17, 15) is 0 Å². The minimum atomic E-state index is 0.0638. The van der Waals surface area contributed by atoms with Crippen LogP contribution in [0.4, 0.5) is 0 Å². The largest absolute Gasteiger partial charge is 0.381 e. The van der Waals surface area contributed by atoms with Gasteiger partial charge < -0.3 is 5.11 Å². The molecule has 0 fully saturated rings. The van der Waals surface area contributed by atoms with Crippen LogP contribution in [0.1, 0.15) is 11.1 Å². The molecule has 2 nitrogen and oxygen atoms in total. The van der Waals surface area contributed by atoms with Gasteiger partial charge in [-0.25, -0.2) is 0 Å². The van der Waals surface area contributed by atoms with Gasteiger partial charge in [-0.15, -0.1) is 0 Å². The molecule has 0 spiro atoms. The molecule has 1 N–H and O–H groups in total. The fraction of sp³-hybridized carbons (Fsp3) is 0.300. The Morgan fingerprint density at radius 3 is 3.08 bits per heavy atom. The third kappa shape index (κ3) is 1.36. The Morgan fingerprint density at radius 2 is 2.25 bits per heavy atom. The first-order valence-electron chi connectivity index (χ1n) is 4.10. The normalized spacial score (nSPS) is 17.4. The predicted molar refractivity (Wildman–Crippen MR) is 46.3 cm³/mol. The van der Waals surface area contributed by atoms with Crippen LogP contribution < -0.4 is 0 Å². The van der Waals surface area contributed by atoms with Crippen molar-refractivity contribution >= 4 is 0 Å². The first-order valence-corrected chi connectivity index (χ1v) is 4.10. The van der Waals surface area contributed by atoms with Crippen molar-refractivity contribution in [1.82, 2.24) is 4.90 Å². The third-order valence-electron chi connectivity index (χ3n) is 2.12. The minimum absolute atomic E-state index is 0.0638. The van der Waals surface area contributed by atoms with E-state index < -0.39 is 0 Å². The lowest BCUT2D eigenvalue weighted by Crippen LogP contribution is -2.29. The first-order chi connectivity index (χ1) is 5.90. The summed E-state index contributed by atoms with van der Waals surface area (Å²) in [4.78, 5) is 1.79. The number of hydrogen-bond donors (Lipinski definition) is 1. The molecular formula is C10H11NO. The standard InChI is InChI=1S/C10H11NO/c12-8-11-6-5-9-3-1-2-4-10(9)7-11/h1-4,12H,5-6,8H2. The highest BCUT2D eigenvalue weighted by Crippen LogP contribution is 2.18. The van der Waals surface area contributed by atoms with E-state index >= 15 is 0 Å². The maximum absolute atomic E-state index is 8.88. The Balaban J connectivity index is 2.23. The lowest BCUT2D eigenvalue weighted by atomic mass is 10.0. The highest BCUT2D eigenvalue weighted by atomic mass is 16.3. The third-order valence-corrected chi connectivity index (χ3v) is 2.12. The number of fused-ring (bicyclic) bond motifs is 1. The number of aliphatic hydroxyl groups is 1. The summed E-state index contributed by atoms with van der Waals surface area (Å²) in [6.07, 6.45) is 1.00. The van der Waals surface area contributed by atoms with Crippen LogP contribution in [0, 0.1) is 6.54 Å². The van der Waals surface area contributed by atoms with E-state index in [1.165, 1.54) is 5.56 Å². The molecule has 0 amide bonds. The molecule has 1 aromatic carbocycles. The summed E-state index contributed by atoms with van der Waals surface area (Å²) in [6, 6.07) is 8.16. The lowest BCUT2D eigenvalue weighted by Gasteiger charge is -2.24. The number of benzene rings is 1. The Kier molecular flexibility index (Phi) is 2.11. The second-order valence-corrected chi connectivity index (χ2v) is 2.92. The lowest BCUT2D eigenvalue weighted by molar-refractivity contribution is 0.135.